The minimum absolute atomic E-state index is 0.0988. The van der Waals surface area contributed by atoms with E-state index < -0.39 is 0 Å². The lowest BCUT2D eigenvalue weighted by molar-refractivity contribution is 0.0654. The number of fused-ring (bicyclic) bond motifs is 1. The number of benzene rings is 1. The number of hydrogen-bond acceptors (Lipinski definition) is 6. The zero-order chi connectivity index (χ0) is 21.5. The van der Waals surface area contributed by atoms with Crippen LogP contribution in [-0.2, 0) is 0 Å². The summed E-state index contributed by atoms with van der Waals surface area (Å²) in [4.78, 5) is 18.8. The molecule has 0 bridgehead atoms. The predicted octanol–water partition coefficient (Wildman–Crippen LogP) is 2.79. The van der Waals surface area contributed by atoms with Gasteiger partial charge in [0.05, 0.1) is 17.7 Å². The van der Waals surface area contributed by atoms with Crippen LogP contribution in [0.15, 0.2) is 23.0 Å². The summed E-state index contributed by atoms with van der Waals surface area (Å²) in [7, 11) is 0. The molecule has 1 aromatic carbocycles. The second kappa shape index (κ2) is 8.16. The molecule has 2 N–H and O–H groups in total. The lowest BCUT2D eigenvalue weighted by Crippen LogP contribution is -2.42. The van der Waals surface area contributed by atoms with Crippen molar-refractivity contribution < 1.29 is 5.11 Å². The number of aryl methyl sites for hydroxylation is 2. The Morgan fingerprint density at radius 2 is 1.87 bits per heavy atom. The average Bonchev–Trinajstić information content (AvgIpc) is 3.45. The average molecular weight is 423 g/mol. The van der Waals surface area contributed by atoms with Gasteiger partial charge in [-0.1, -0.05) is 25.0 Å². The third-order valence-corrected chi connectivity index (χ3v) is 7.17. The molecule has 1 unspecified atom stereocenters. The fraction of sp³-hybridized carbons (Fsp3) is 0.565. The number of aliphatic hydroxyl groups excluding tert-OH is 1. The fourth-order valence-corrected chi connectivity index (χ4v) is 5.18. The standard InChI is InChI=1S/C23H30N6O2/c1-14-7-8-16-13-19(23(31)24-20(16)15(14)2)21(28-11-9-18(30)10-12-28)22-25-26-27-29(22)17-5-3-4-6-17/h7-8,13,17-18,21,30H,3-6,9-12H2,1-2H3,(H,24,31). The van der Waals surface area contributed by atoms with Crippen molar-refractivity contribution in [1.82, 2.24) is 30.1 Å². The first-order valence-electron chi connectivity index (χ1n) is 11.4. The molecule has 2 fully saturated rings. The molecule has 8 nitrogen and oxygen atoms in total. The van der Waals surface area contributed by atoms with Crippen molar-refractivity contribution >= 4 is 10.9 Å². The summed E-state index contributed by atoms with van der Waals surface area (Å²) in [6.45, 7) is 5.50. The molecule has 1 aliphatic heterocycles. The van der Waals surface area contributed by atoms with E-state index in [-0.39, 0.29) is 23.7 Å². The number of likely N-dealkylation sites (tertiary alicyclic amines) is 1. The van der Waals surface area contributed by atoms with Gasteiger partial charge in [-0.25, -0.2) is 4.68 Å². The van der Waals surface area contributed by atoms with Crippen LogP contribution < -0.4 is 5.56 Å². The maximum Gasteiger partial charge on any atom is 0.253 e. The molecule has 0 amide bonds. The Hall–Kier alpha value is -2.58. The van der Waals surface area contributed by atoms with Gasteiger partial charge in [-0.2, -0.15) is 0 Å². The molecule has 3 heterocycles. The number of nitrogens with zero attached hydrogens (tertiary/aromatic N) is 5. The number of rotatable bonds is 4. The first kappa shape index (κ1) is 20.3. The quantitative estimate of drug-likeness (QED) is 0.671. The summed E-state index contributed by atoms with van der Waals surface area (Å²) in [5.41, 5.74) is 3.70. The summed E-state index contributed by atoms with van der Waals surface area (Å²) in [6, 6.07) is 6.11. The third-order valence-electron chi connectivity index (χ3n) is 7.17. The Bertz CT molecular complexity index is 1140. The van der Waals surface area contributed by atoms with Crippen molar-refractivity contribution in [2.75, 3.05) is 13.1 Å². The van der Waals surface area contributed by atoms with Crippen LogP contribution in [0.3, 0.4) is 0 Å². The lowest BCUT2D eigenvalue weighted by atomic mass is 9.98. The summed E-state index contributed by atoms with van der Waals surface area (Å²) in [5, 5.41) is 23.8. The van der Waals surface area contributed by atoms with E-state index in [1.165, 1.54) is 12.8 Å². The van der Waals surface area contributed by atoms with Gasteiger partial charge in [0.1, 0.15) is 6.04 Å². The predicted molar refractivity (Wildman–Crippen MR) is 118 cm³/mol. The minimum Gasteiger partial charge on any atom is -0.393 e. The van der Waals surface area contributed by atoms with Crippen molar-refractivity contribution in [2.24, 2.45) is 0 Å². The summed E-state index contributed by atoms with van der Waals surface area (Å²) < 4.78 is 1.95. The van der Waals surface area contributed by atoms with Gasteiger partial charge in [0.25, 0.3) is 5.56 Å². The van der Waals surface area contributed by atoms with E-state index in [4.69, 9.17) is 0 Å². The van der Waals surface area contributed by atoms with Gasteiger partial charge in [-0.15, -0.1) is 5.10 Å². The Morgan fingerprint density at radius 3 is 2.61 bits per heavy atom. The molecule has 0 radical (unpaired) electrons. The SMILES string of the molecule is Cc1ccc2cc(C(c3nnnn3C3CCCC3)N3CCC(O)CC3)c(=O)[nH]c2c1C. The van der Waals surface area contributed by atoms with Gasteiger partial charge in [0.2, 0.25) is 0 Å². The zero-order valence-electron chi connectivity index (χ0n) is 18.2. The minimum atomic E-state index is -0.335. The van der Waals surface area contributed by atoms with Crippen LogP contribution in [0, 0.1) is 13.8 Å². The second-order valence-corrected chi connectivity index (χ2v) is 9.12. The highest BCUT2D eigenvalue weighted by Crippen LogP contribution is 2.35. The molecule has 31 heavy (non-hydrogen) atoms. The Balaban J connectivity index is 1.65. The van der Waals surface area contributed by atoms with Crippen LogP contribution >= 0.6 is 0 Å². The van der Waals surface area contributed by atoms with Crippen molar-refractivity contribution in [3.8, 4) is 0 Å². The number of tetrazole rings is 1. The van der Waals surface area contributed by atoms with Gasteiger partial charge in [-0.3, -0.25) is 9.69 Å². The second-order valence-electron chi connectivity index (χ2n) is 9.12. The first-order valence-corrected chi connectivity index (χ1v) is 11.4. The van der Waals surface area contributed by atoms with Gasteiger partial charge >= 0.3 is 0 Å². The van der Waals surface area contributed by atoms with Gasteiger partial charge in [0, 0.05) is 18.7 Å². The summed E-state index contributed by atoms with van der Waals surface area (Å²) in [5.74, 6) is 0.733. The summed E-state index contributed by atoms with van der Waals surface area (Å²) >= 11 is 0. The first-order chi connectivity index (χ1) is 15.0. The van der Waals surface area contributed by atoms with Crippen LogP contribution in [0.4, 0.5) is 0 Å². The van der Waals surface area contributed by atoms with E-state index in [9.17, 15) is 9.90 Å². The van der Waals surface area contributed by atoms with E-state index in [1.54, 1.807) is 0 Å². The molecule has 2 aliphatic rings. The van der Waals surface area contributed by atoms with Crippen molar-refractivity contribution in [3.05, 3.63) is 51.1 Å². The van der Waals surface area contributed by atoms with Crippen LogP contribution in [0.1, 0.15) is 73.1 Å². The van der Waals surface area contributed by atoms with Crippen LogP contribution in [0.2, 0.25) is 0 Å². The molecule has 2 aromatic heterocycles. The molecule has 3 aromatic rings. The molecule has 5 rings (SSSR count). The smallest absolute Gasteiger partial charge is 0.253 e. The molecular weight excluding hydrogens is 392 g/mol. The molecule has 0 spiro atoms. The van der Waals surface area contributed by atoms with E-state index >= 15 is 0 Å². The van der Waals surface area contributed by atoms with Crippen molar-refractivity contribution in [2.45, 2.75) is 70.6 Å². The monoisotopic (exact) mass is 422 g/mol. The number of hydrogen-bond donors (Lipinski definition) is 2. The maximum atomic E-state index is 13.4. The lowest BCUT2D eigenvalue weighted by Gasteiger charge is -2.35. The number of aromatic amines is 1. The molecule has 1 atom stereocenters. The van der Waals surface area contributed by atoms with E-state index in [0.717, 1.165) is 40.7 Å². The Morgan fingerprint density at radius 1 is 1.13 bits per heavy atom. The van der Waals surface area contributed by atoms with E-state index in [0.29, 0.717) is 31.5 Å². The third kappa shape index (κ3) is 3.68. The normalized spacial score (nSPS) is 20.0. The largest absolute Gasteiger partial charge is 0.393 e. The number of aliphatic hydroxyl groups is 1. The van der Waals surface area contributed by atoms with E-state index in [1.807, 2.05) is 17.7 Å². The van der Waals surface area contributed by atoms with E-state index in [2.05, 4.69) is 44.5 Å². The summed E-state index contributed by atoms with van der Waals surface area (Å²) in [6.07, 6.45) is 5.57. The zero-order valence-corrected chi connectivity index (χ0v) is 18.2. The molecular formula is C23H30N6O2. The number of H-pyrrole nitrogens is 1. The van der Waals surface area contributed by atoms with Crippen molar-refractivity contribution in [1.29, 1.82) is 0 Å². The highest BCUT2D eigenvalue weighted by Gasteiger charge is 2.34. The number of piperidine rings is 1. The fourth-order valence-electron chi connectivity index (χ4n) is 5.18. The van der Waals surface area contributed by atoms with Crippen LogP contribution in [0.5, 0.6) is 0 Å². The molecule has 1 saturated heterocycles. The van der Waals surface area contributed by atoms with Crippen LogP contribution in [-0.4, -0.2) is 54.4 Å². The Labute approximate surface area is 181 Å². The molecule has 164 valence electrons. The highest BCUT2D eigenvalue weighted by molar-refractivity contribution is 5.83. The van der Waals surface area contributed by atoms with Crippen LogP contribution in [0.25, 0.3) is 10.9 Å². The van der Waals surface area contributed by atoms with Gasteiger partial charge < -0.3 is 10.1 Å². The van der Waals surface area contributed by atoms with Gasteiger partial charge in [0.15, 0.2) is 5.82 Å². The number of nitrogens with one attached hydrogen (secondary N) is 1. The molecule has 1 aliphatic carbocycles. The molecule has 1 saturated carbocycles. The maximum absolute atomic E-state index is 13.4. The van der Waals surface area contributed by atoms with Crippen molar-refractivity contribution in [3.63, 3.8) is 0 Å². The van der Waals surface area contributed by atoms with Gasteiger partial charge in [-0.05, 0) is 72.5 Å². The number of pyridine rings is 1. The Kier molecular flexibility index (Phi) is 5.35. The topological polar surface area (TPSA) is 99.9 Å². The highest BCUT2D eigenvalue weighted by atomic mass is 16.3. The molecule has 8 heteroatoms. The number of aromatic nitrogens is 5.